The molecule has 1 aliphatic heterocycles. The molecule has 0 radical (unpaired) electrons. The van der Waals surface area contributed by atoms with Gasteiger partial charge in [-0.1, -0.05) is 19.4 Å². The molecule has 0 atom stereocenters. The lowest BCUT2D eigenvalue weighted by Gasteiger charge is -2.19. The maximum atomic E-state index is 12.7. The molecule has 0 bridgehead atoms. The van der Waals surface area contributed by atoms with Crippen molar-refractivity contribution in [2.24, 2.45) is 0 Å². The van der Waals surface area contributed by atoms with Gasteiger partial charge < -0.3 is 0 Å². The number of hydrogen-bond donors (Lipinski definition) is 0. The molecule has 2 aromatic carbocycles. The fraction of sp³-hybridized carbons (Fsp3) is 0.176. The van der Waals surface area contributed by atoms with Crippen molar-refractivity contribution in [2.75, 3.05) is 0 Å². The topological polar surface area (TPSA) is 75.0 Å². The molecule has 22 heavy (non-hydrogen) atoms. The first kappa shape index (κ1) is 14.5. The van der Waals surface area contributed by atoms with Gasteiger partial charge in [-0.15, -0.1) is 0 Å². The third-order valence-corrected chi connectivity index (χ3v) is 5.61. The van der Waals surface area contributed by atoms with Crippen molar-refractivity contribution < 1.29 is 13.2 Å². The van der Waals surface area contributed by atoms with Crippen LogP contribution in [0, 0.1) is 11.3 Å². The Morgan fingerprint density at radius 3 is 2.50 bits per heavy atom. The van der Waals surface area contributed by atoms with Gasteiger partial charge in [0.15, 0.2) is 5.78 Å². The molecule has 1 heterocycles. The number of fused-ring (bicyclic) bond motifs is 2. The smallest absolute Gasteiger partial charge is 0.208 e. The third-order valence-electron chi connectivity index (χ3n) is 3.76. The highest BCUT2D eigenvalue weighted by atomic mass is 32.2. The molecule has 3 rings (SSSR count). The van der Waals surface area contributed by atoms with E-state index in [0.29, 0.717) is 0 Å². The van der Waals surface area contributed by atoms with Crippen LogP contribution in [0.4, 0.5) is 0 Å². The fourth-order valence-corrected chi connectivity index (χ4v) is 4.36. The van der Waals surface area contributed by atoms with Crippen molar-refractivity contribution in [1.82, 2.24) is 0 Å². The fourth-order valence-electron chi connectivity index (χ4n) is 2.70. The van der Waals surface area contributed by atoms with Gasteiger partial charge in [-0.3, -0.25) is 4.79 Å². The molecule has 0 amide bonds. The minimum Gasteiger partial charge on any atom is -0.289 e. The molecule has 4 nitrogen and oxygen atoms in total. The summed E-state index contributed by atoms with van der Waals surface area (Å²) in [6.45, 7) is 2.02. The quantitative estimate of drug-likeness (QED) is 0.729. The number of hydrogen-bond acceptors (Lipinski definition) is 4. The number of nitrogens with zero attached hydrogens (tertiary/aromatic N) is 1. The average molecular weight is 311 g/mol. The van der Waals surface area contributed by atoms with Gasteiger partial charge in [0.25, 0.3) is 0 Å². The molecule has 0 fully saturated rings. The molecule has 2 aromatic rings. The Kier molecular flexibility index (Phi) is 3.34. The molecular weight excluding hydrogens is 298 g/mol. The Hall–Kier alpha value is -2.45. The van der Waals surface area contributed by atoms with Gasteiger partial charge in [0.2, 0.25) is 9.84 Å². The number of rotatable bonds is 2. The molecule has 110 valence electrons. The van der Waals surface area contributed by atoms with Crippen molar-refractivity contribution in [3.8, 4) is 6.07 Å². The molecule has 0 saturated carbocycles. The number of sulfone groups is 1. The second-order valence-corrected chi connectivity index (χ2v) is 7.12. The summed E-state index contributed by atoms with van der Waals surface area (Å²) in [4.78, 5) is 12.6. The number of ketones is 1. The zero-order valence-corrected chi connectivity index (χ0v) is 12.8. The third kappa shape index (κ3) is 2.04. The minimum absolute atomic E-state index is 0.0277. The maximum Gasteiger partial charge on any atom is 0.208 e. The van der Waals surface area contributed by atoms with Crippen LogP contribution in [-0.4, -0.2) is 14.2 Å². The molecule has 0 aromatic heterocycles. The van der Waals surface area contributed by atoms with Crippen molar-refractivity contribution >= 4 is 15.6 Å². The van der Waals surface area contributed by atoms with E-state index in [9.17, 15) is 13.2 Å². The lowest BCUT2D eigenvalue weighted by atomic mass is 9.98. The second kappa shape index (κ2) is 5.08. The van der Waals surface area contributed by atoms with Crippen LogP contribution in [0.3, 0.4) is 0 Å². The highest BCUT2D eigenvalue weighted by molar-refractivity contribution is 7.91. The summed E-state index contributed by atoms with van der Waals surface area (Å²) in [6.07, 6.45) is 1.71. The largest absolute Gasteiger partial charge is 0.289 e. The summed E-state index contributed by atoms with van der Waals surface area (Å²) >= 11 is 0. The predicted octanol–water partition coefficient (Wildman–Crippen LogP) is 2.89. The van der Waals surface area contributed by atoms with E-state index in [0.717, 1.165) is 18.4 Å². The van der Waals surface area contributed by atoms with Crippen molar-refractivity contribution in [3.05, 3.63) is 58.7 Å². The number of aryl methyl sites for hydroxylation is 1. The van der Waals surface area contributed by atoms with E-state index in [4.69, 9.17) is 5.26 Å². The standard InChI is InChI=1S/C17H13NO3S/c1-2-3-11-5-7-15-14(8-11)17(19)13-6-4-12(10-18)9-16(13)22(15,20)21/h4-9H,2-3H2,1H3. The molecule has 0 saturated heterocycles. The van der Waals surface area contributed by atoms with Crippen LogP contribution in [0.1, 0.15) is 40.4 Å². The molecule has 0 aliphatic carbocycles. The number of carbonyl (C=O) groups is 1. The van der Waals surface area contributed by atoms with E-state index in [1.165, 1.54) is 24.3 Å². The summed E-state index contributed by atoms with van der Waals surface area (Å²) in [5.74, 6) is -0.303. The summed E-state index contributed by atoms with van der Waals surface area (Å²) in [6, 6.07) is 11.0. The van der Waals surface area contributed by atoms with Gasteiger partial charge in [0, 0.05) is 11.1 Å². The van der Waals surface area contributed by atoms with E-state index >= 15 is 0 Å². The molecule has 0 unspecified atom stereocenters. The predicted molar refractivity (Wildman–Crippen MR) is 80.5 cm³/mol. The Bertz CT molecular complexity index is 937. The maximum absolute atomic E-state index is 12.7. The first-order chi connectivity index (χ1) is 10.5. The van der Waals surface area contributed by atoms with Crippen LogP contribution in [0.25, 0.3) is 0 Å². The van der Waals surface area contributed by atoms with Crippen LogP contribution in [-0.2, 0) is 16.3 Å². The van der Waals surface area contributed by atoms with Crippen LogP contribution in [0.5, 0.6) is 0 Å². The minimum atomic E-state index is -3.77. The van der Waals surface area contributed by atoms with Gasteiger partial charge >= 0.3 is 0 Å². The SMILES string of the molecule is CCCc1ccc2c(c1)C(=O)c1ccc(C#N)cc1S2(=O)=O. The van der Waals surface area contributed by atoms with Crippen LogP contribution in [0.2, 0.25) is 0 Å². The van der Waals surface area contributed by atoms with E-state index in [2.05, 4.69) is 0 Å². The average Bonchev–Trinajstić information content (AvgIpc) is 2.52. The Labute approximate surface area is 128 Å². The van der Waals surface area contributed by atoms with Crippen molar-refractivity contribution in [1.29, 1.82) is 5.26 Å². The Morgan fingerprint density at radius 1 is 1.05 bits per heavy atom. The lowest BCUT2D eigenvalue weighted by molar-refractivity contribution is 0.103. The van der Waals surface area contributed by atoms with E-state index < -0.39 is 9.84 Å². The number of benzene rings is 2. The molecule has 5 heteroatoms. The Balaban J connectivity index is 2.29. The first-order valence-electron chi connectivity index (χ1n) is 6.96. The highest BCUT2D eigenvalue weighted by Crippen LogP contribution is 2.35. The summed E-state index contributed by atoms with van der Waals surface area (Å²) in [5.41, 5.74) is 1.53. The van der Waals surface area contributed by atoms with Crippen molar-refractivity contribution in [2.45, 2.75) is 29.6 Å². The first-order valence-corrected chi connectivity index (χ1v) is 8.44. The summed E-state index contributed by atoms with van der Waals surface area (Å²) in [5, 5.41) is 8.94. The summed E-state index contributed by atoms with van der Waals surface area (Å²) in [7, 11) is -3.77. The van der Waals surface area contributed by atoms with Crippen molar-refractivity contribution in [3.63, 3.8) is 0 Å². The molecule has 0 spiro atoms. The van der Waals surface area contributed by atoms with Gasteiger partial charge in [0.1, 0.15) is 0 Å². The van der Waals surface area contributed by atoms with E-state index in [-0.39, 0.29) is 32.3 Å². The molecule has 1 aliphatic rings. The van der Waals surface area contributed by atoms with E-state index in [1.807, 2.05) is 13.0 Å². The summed E-state index contributed by atoms with van der Waals surface area (Å²) < 4.78 is 25.4. The van der Waals surface area contributed by atoms with Crippen LogP contribution >= 0.6 is 0 Å². The Morgan fingerprint density at radius 2 is 1.82 bits per heavy atom. The second-order valence-electron chi connectivity index (χ2n) is 5.24. The van der Waals surface area contributed by atoms with Gasteiger partial charge in [0.05, 0.1) is 21.4 Å². The van der Waals surface area contributed by atoms with Gasteiger partial charge in [-0.2, -0.15) is 5.26 Å². The van der Waals surface area contributed by atoms with Gasteiger partial charge in [-0.25, -0.2) is 8.42 Å². The van der Waals surface area contributed by atoms with E-state index in [1.54, 1.807) is 12.1 Å². The number of carbonyl (C=O) groups excluding carboxylic acids is 1. The lowest BCUT2D eigenvalue weighted by Crippen LogP contribution is -2.20. The van der Waals surface area contributed by atoms with Crippen LogP contribution in [0.15, 0.2) is 46.2 Å². The van der Waals surface area contributed by atoms with Gasteiger partial charge in [-0.05, 0) is 42.3 Å². The highest BCUT2D eigenvalue weighted by Gasteiger charge is 2.35. The van der Waals surface area contributed by atoms with Crippen LogP contribution < -0.4 is 0 Å². The molecular formula is C17H13NO3S. The normalized spacial score (nSPS) is 14.8. The zero-order valence-electron chi connectivity index (χ0n) is 12.0. The molecule has 0 N–H and O–H groups in total. The monoisotopic (exact) mass is 311 g/mol. The number of nitriles is 1. The zero-order chi connectivity index (χ0) is 15.9.